The minimum absolute atomic E-state index is 0.596. The Labute approximate surface area is 172 Å². The molecule has 0 unspecified atom stereocenters. The molecule has 150 valence electrons. The van der Waals surface area contributed by atoms with Crippen LogP contribution in [0.3, 0.4) is 0 Å². The maximum atomic E-state index is 9.30. The van der Waals surface area contributed by atoms with E-state index in [1.165, 1.54) is 5.39 Å². The highest BCUT2D eigenvalue weighted by Gasteiger charge is 2.09. The van der Waals surface area contributed by atoms with Gasteiger partial charge in [-0.25, -0.2) is 0 Å². The van der Waals surface area contributed by atoms with E-state index >= 15 is 0 Å². The predicted molar refractivity (Wildman–Crippen MR) is 119 cm³/mol. The average Bonchev–Trinajstić information content (AvgIpc) is 2.80. The molecule has 1 saturated heterocycles. The lowest BCUT2D eigenvalue weighted by atomic mass is 9.99. The van der Waals surface area contributed by atoms with Gasteiger partial charge in [0.15, 0.2) is 0 Å². The number of pyridine rings is 1. The van der Waals surface area contributed by atoms with Gasteiger partial charge in [-0.15, -0.1) is 0 Å². The number of hydrogen-bond acceptors (Lipinski definition) is 5. The van der Waals surface area contributed by atoms with E-state index in [0.717, 1.165) is 61.6 Å². The Bertz CT molecular complexity index is 974. The van der Waals surface area contributed by atoms with Crippen LogP contribution in [0.1, 0.15) is 19.4 Å². The van der Waals surface area contributed by atoms with Crippen molar-refractivity contribution < 1.29 is 4.74 Å². The number of nitrogens with one attached hydrogen (secondary N) is 1. The molecular weight excluding hydrogens is 360 g/mol. The molecular formula is C24H28N4O. The molecule has 5 nitrogen and oxygen atoms in total. The van der Waals surface area contributed by atoms with E-state index in [1.807, 2.05) is 19.9 Å². The molecule has 0 saturated carbocycles. The Kier molecular flexibility index (Phi) is 7.57. The third-order valence-electron chi connectivity index (χ3n) is 4.95. The van der Waals surface area contributed by atoms with Crippen LogP contribution in [0.5, 0.6) is 0 Å². The third kappa shape index (κ3) is 5.32. The molecule has 0 atom stereocenters. The number of fused-ring (bicyclic) bond motifs is 1. The summed E-state index contributed by atoms with van der Waals surface area (Å²) in [5.41, 5.74) is 3.68. The molecule has 1 N–H and O–H groups in total. The molecule has 0 spiro atoms. The van der Waals surface area contributed by atoms with Gasteiger partial charge < -0.3 is 10.1 Å². The standard InChI is InChI=1S/C22H22N4O.C2H6/c23-15-20-16-24-6-5-22(20)19-2-1-18-14-21(4-3-17(18)13-19)25-7-8-26-9-11-27-12-10-26;1-2/h1-6,13-14,16,25H,7-12H2;1-2H3. The van der Waals surface area contributed by atoms with Crippen molar-refractivity contribution in [1.29, 1.82) is 5.26 Å². The second-order valence-corrected chi connectivity index (χ2v) is 6.69. The molecule has 0 bridgehead atoms. The summed E-state index contributed by atoms with van der Waals surface area (Å²) < 4.78 is 5.39. The number of hydrogen-bond donors (Lipinski definition) is 1. The van der Waals surface area contributed by atoms with Crippen LogP contribution in [0.25, 0.3) is 21.9 Å². The summed E-state index contributed by atoms with van der Waals surface area (Å²) in [5, 5.41) is 15.2. The second kappa shape index (κ2) is 10.6. The van der Waals surface area contributed by atoms with Gasteiger partial charge in [-0.2, -0.15) is 5.26 Å². The van der Waals surface area contributed by atoms with Crippen LogP contribution >= 0.6 is 0 Å². The predicted octanol–water partition coefficient (Wildman–Crippen LogP) is 4.54. The Morgan fingerprint density at radius 1 is 1.07 bits per heavy atom. The zero-order valence-electron chi connectivity index (χ0n) is 17.2. The number of rotatable bonds is 5. The van der Waals surface area contributed by atoms with Crippen LogP contribution in [0.15, 0.2) is 54.9 Å². The molecule has 1 aliphatic rings. The van der Waals surface area contributed by atoms with E-state index in [9.17, 15) is 5.26 Å². The first-order valence-corrected chi connectivity index (χ1v) is 10.3. The normalized spacial score (nSPS) is 14.0. The smallest absolute Gasteiger partial charge is 0.101 e. The molecule has 3 aromatic rings. The largest absolute Gasteiger partial charge is 0.384 e. The van der Waals surface area contributed by atoms with Crippen LogP contribution in [-0.4, -0.2) is 49.3 Å². The SMILES string of the molecule is CC.N#Cc1cnccc1-c1ccc2cc(NCCN3CCOCC3)ccc2c1. The van der Waals surface area contributed by atoms with Crippen molar-refractivity contribution in [2.45, 2.75) is 13.8 Å². The maximum Gasteiger partial charge on any atom is 0.101 e. The van der Waals surface area contributed by atoms with Crippen molar-refractivity contribution in [1.82, 2.24) is 9.88 Å². The minimum atomic E-state index is 0.596. The van der Waals surface area contributed by atoms with Crippen molar-refractivity contribution >= 4 is 16.5 Å². The van der Waals surface area contributed by atoms with Gasteiger partial charge in [0.05, 0.1) is 18.8 Å². The van der Waals surface area contributed by atoms with E-state index < -0.39 is 0 Å². The summed E-state index contributed by atoms with van der Waals surface area (Å²) in [4.78, 5) is 6.46. The van der Waals surface area contributed by atoms with E-state index in [1.54, 1.807) is 12.4 Å². The van der Waals surface area contributed by atoms with Gasteiger partial charge in [0.25, 0.3) is 0 Å². The molecule has 1 aliphatic heterocycles. The Hall–Kier alpha value is -2.94. The first-order valence-electron chi connectivity index (χ1n) is 10.3. The number of nitrogens with zero attached hydrogens (tertiary/aromatic N) is 3. The lowest BCUT2D eigenvalue weighted by molar-refractivity contribution is 0.0398. The van der Waals surface area contributed by atoms with E-state index in [4.69, 9.17) is 4.74 Å². The number of nitriles is 1. The molecule has 29 heavy (non-hydrogen) atoms. The number of benzene rings is 2. The van der Waals surface area contributed by atoms with Crippen molar-refractivity contribution in [3.8, 4) is 17.2 Å². The Balaban J connectivity index is 0.00000117. The summed E-state index contributed by atoms with van der Waals surface area (Å²) in [5.74, 6) is 0. The van der Waals surface area contributed by atoms with Gasteiger partial charge >= 0.3 is 0 Å². The monoisotopic (exact) mass is 388 g/mol. The fourth-order valence-corrected chi connectivity index (χ4v) is 3.44. The highest BCUT2D eigenvalue weighted by Crippen LogP contribution is 2.28. The van der Waals surface area contributed by atoms with Crippen LogP contribution < -0.4 is 5.32 Å². The highest BCUT2D eigenvalue weighted by molar-refractivity contribution is 5.90. The Morgan fingerprint density at radius 3 is 2.62 bits per heavy atom. The number of ether oxygens (including phenoxy) is 1. The average molecular weight is 389 g/mol. The van der Waals surface area contributed by atoms with Gasteiger partial charge in [0.1, 0.15) is 6.07 Å². The molecule has 2 heterocycles. The summed E-state index contributed by atoms with van der Waals surface area (Å²) in [7, 11) is 0. The van der Waals surface area contributed by atoms with Crippen molar-refractivity contribution in [3.63, 3.8) is 0 Å². The van der Waals surface area contributed by atoms with Crippen LogP contribution in [0.2, 0.25) is 0 Å². The zero-order chi connectivity index (χ0) is 20.5. The highest BCUT2D eigenvalue weighted by atomic mass is 16.5. The van der Waals surface area contributed by atoms with Gasteiger partial charge in [-0.05, 0) is 40.6 Å². The van der Waals surface area contributed by atoms with Crippen LogP contribution in [0, 0.1) is 11.3 Å². The summed E-state index contributed by atoms with van der Waals surface area (Å²) in [6.07, 6.45) is 3.34. The van der Waals surface area contributed by atoms with Gasteiger partial charge in [-0.3, -0.25) is 9.88 Å². The van der Waals surface area contributed by atoms with Gasteiger partial charge in [0, 0.05) is 49.8 Å². The van der Waals surface area contributed by atoms with E-state index in [-0.39, 0.29) is 0 Å². The first-order chi connectivity index (χ1) is 14.3. The van der Waals surface area contributed by atoms with Crippen molar-refractivity contribution in [3.05, 3.63) is 60.4 Å². The summed E-state index contributed by atoms with van der Waals surface area (Å²) in [6, 6.07) is 16.8. The number of morpholine rings is 1. The fourth-order valence-electron chi connectivity index (χ4n) is 3.44. The van der Waals surface area contributed by atoms with E-state index in [0.29, 0.717) is 5.56 Å². The Morgan fingerprint density at radius 2 is 1.83 bits per heavy atom. The summed E-state index contributed by atoms with van der Waals surface area (Å²) in [6.45, 7) is 9.65. The molecule has 4 rings (SSSR count). The molecule has 2 aromatic carbocycles. The first kappa shape index (κ1) is 20.8. The number of aromatic nitrogens is 1. The lowest BCUT2D eigenvalue weighted by Gasteiger charge is -2.26. The summed E-state index contributed by atoms with van der Waals surface area (Å²) >= 11 is 0. The number of anilines is 1. The molecule has 0 amide bonds. The van der Waals surface area contributed by atoms with Gasteiger partial charge in [0.2, 0.25) is 0 Å². The molecule has 1 aromatic heterocycles. The van der Waals surface area contributed by atoms with Gasteiger partial charge in [-0.1, -0.05) is 32.0 Å². The minimum Gasteiger partial charge on any atom is -0.384 e. The fraction of sp³-hybridized carbons (Fsp3) is 0.333. The zero-order valence-corrected chi connectivity index (χ0v) is 17.2. The van der Waals surface area contributed by atoms with Crippen LogP contribution in [0.4, 0.5) is 5.69 Å². The van der Waals surface area contributed by atoms with E-state index in [2.05, 4.69) is 57.7 Å². The van der Waals surface area contributed by atoms with Crippen molar-refractivity contribution in [2.24, 2.45) is 0 Å². The quantitative estimate of drug-likeness (QED) is 0.695. The third-order valence-corrected chi connectivity index (χ3v) is 4.95. The lowest BCUT2D eigenvalue weighted by Crippen LogP contribution is -2.38. The van der Waals surface area contributed by atoms with Crippen LogP contribution in [-0.2, 0) is 4.74 Å². The second-order valence-electron chi connectivity index (χ2n) is 6.69. The molecule has 1 fully saturated rings. The van der Waals surface area contributed by atoms with Crippen molar-refractivity contribution in [2.75, 3.05) is 44.7 Å². The topological polar surface area (TPSA) is 61.2 Å². The molecule has 0 radical (unpaired) electrons. The maximum absolute atomic E-state index is 9.30. The molecule has 0 aliphatic carbocycles. The molecule has 5 heteroatoms.